The van der Waals surface area contributed by atoms with E-state index in [0.29, 0.717) is 43.2 Å². The number of aliphatic hydroxyl groups is 1. The van der Waals surface area contributed by atoms with Crippen LogP contribution in [0.1, 0.15) is 68.9 Å². The summed E-state index contributed by atoms with van der Waals surface area (Å²) in [6.45, 7) is -0.520. The van der Waals surface area contributed by atoms with E-state index in [0.717, 1.165) is 4.90 Å². The van der Waals surface area contributed by atoms with Gasteiger partial charge in [-0.05, 0) is 50.2 Å². The molecule has 4 N–H and O–H groups in total. The van der Waals surface area contributed by atoms with Gasteiger partial charge in [0.1, 0.15) is 29.5 Å². The van der Waals surface area contributed by atoms with Crippen molar-refractivity contribution in [2.45, 2.75) is 112 Å². The number of ether oxygens (including phenoxy) is 1. The van der Waals surface area contributed by atoms with Crippen LogP contribution in [0.5, 0.6) is 0 Å². The zero-order valence-electron chi connectivity index (χ0n) is 27.9. The number of benzene rings is 1. The Balaban J connectivity index is 1.26. The molecule has 0 spiro atoms. The van der Waals surface area contributed by atoms with Crippen molar-refractivity contribution in [1.29, 1.82) is 0 Å². The largest absolute Gasteiger partial charge is 0.444 e. The molecule has 1 aromatic rings. The number of hydrogen-bond donors (Lipinski definition) is 4. The highest BCUT2D eigenvalue weighted by Gasteiger charge is 2.62. The lowest BCUT2D eigenvalue weighted by Gasteiger charge is -2.30. The number of nitrogens with zero attached hydrogens (tertiary/aromatic N) is 2. The molecule has 0 bridgehead atoms. The van der Waals surface area contributed by atoms with Crippen molar-refractivity contribution in [2.24, 2.45) is 5.92 Å². The molecule has 1 unspecified atom stereocenters. The first-order chi connectivity index (χ1) is 24.5. The topological polar surface area (TPSA) is 192 Å². The normalized spacial score (nSPS) is 29.3. The van der Waals surface area contributed by atoms with Gasteiger partial charge in [0.25, 0.3) is 11.8 Å². The number of fused-ring (bicyclic) bond motifs is 3. The maximum atomic E-state index is 14.4. The Bertz CT molecular complexity index is 1770. The fourth-order valence-electron chi connectivity index (χ4n) is 6.97. The lowest BCUT2D eigenvalue weighted by molar-refractivity contribution is -0.205. The van der Waals surface area contributed by atoms with Gasteiger partial charge in [-0.15, -0.1) is 0 Å². The van der Waals surface area contributed by atoms with Gasteiger partial charge in [0.15, 0.2) is 0 Å². The number of amides is 5. The van der Waals surface area contributed by atoms with Crippen LogP contribution in [0.4, 0.5) is 22.4 Å². The molecule has 3 aliphatic heterocycles. The first kappa shape index (κ1) is 37.5. The number of carbonyl (C=O) groups excluding carboxylic acids is 5. The summed E-state index contributed by atoms with van der Waals surface area (Å²) in [7, 11) is -4.01. The molecule has 0 radical (unpaired) electrons. The Kier molecular flexibility index (Phi) is 10.3. The fraction of sp³-hybridized carbons (Fsp3) is 0.606. The second-order valence-electron chi connectivity index (χ2n) is 14.0. The van der Waals surface area contributed by atoms with E-state index in [1.165, 1.54) is 17.0 Å². The van der Waals surface area contributed by atoms with Crippen LogP contribution in [-0.2, 0) is 47.0 Å². The summed E-state index contributed by atoms with van der Waals surface area (Å²) in [5, 5.41) is 13.4. The molecule has 5 aliphatic rings. The summed E-state index contributed by atoms with van der Waals surface area (Å²) >= 11 is 0. The zero-order valence-corrected chi connectivity index (χ0v) is 28.7. The molecule has 52 heavy (non-hydrogen) atoms. The lowest BCUT2D eigenvalue weighted by Crippen LogP contribution is -2.59. The van der Waals surface area contributed by atoms with Crippen molar-refractivity contribution in [3.8, 4) is 0 Å². The molecule has 2 saturated carbocycles. The van der Waals surface area contributed by atoms with Crippen LogP contribution in [0.25, 0.3) is 0 Å². The third-order valence-electron chi connectivity index (χ3n) is 10.2. The average Bonchev–Trinajstić information content (AvgIpc) is 3.96. The molecule has 14 nitrogen and oxygen atoms in total. The molecule has 284 valence electrons. The van der Waals surface area contributed by atoms with Crippen LogP contribution in [0.15, 0.2) is 30.4 Å². The van der Waals surface area contributed by atoms with Crippen LogP contribution < -0.4 is 15.4 Å². The highest BCUT2D eigenvalue weighted by Crippen LogP contribution is 2.46. The number of aliphatic hydroxyl groups excluding tert-OH is 1. The molecule has 6 atom stereocenters. The zero-order chi connectivity index (χ0) is 37.6. The monoisotopic (exact) mass is 757 g/mol. The maximum absolute atomic E-state index is 14.4. The van der Waals surface area contributed by atoms with Gasteiger partial charge < -0.3 is 25.4 Å². The molecule has 0 aromatic heterocycles. The van der Waals surface area contributed by atoms with Crippen LogP contribution in [0.2, 0.25) is 0 Å². The van der Waals surface area contributed by atoms with Gasteiger partial charge in [0.2, 0.25) is 27.9 Å². The molecular formula is C33H39F4N5O9S. The predicted octanol–water partition coefficient (Wildman–Crippen LogP) is 1.66. The second-order valence-corrected chi connectivity index (χ2v) is 16.0. The summed E-state index contributed by atoms with van der Waals surface area (Å²) in [5.41, 5.74) is -0.840. The average molecular weight is 758 g/mol. The van der Waals surface area contributed by atoms with E-state index < -0.39 is 99.3 Å². The van der Waals surface area contributed by atoms with E-state index in [-0.39, 0.29) is 38.8 Å². The Hall–Kier alpha value is -4.26. The quantitative estimate of drug-likeness (QED) is 0.247. The summed E-state index contributed by atoms with van der Waals surface area (Å²) in [4.78, 5) is 69.5. The number of rotatable bonds is 6. The van der Waals surface area contributed by atoms with Crippen molar-refractivity contribution < 1.29 is 59.8 Å². The Morgan fingerprint density at radius 3 is 2.52 bits per heavy atom. The molecule has 2 aliphatic carbocycles. The molecule has 3 heterocycles. The Labute approximate surface area is 296 Å². The lowest BCUT2D eigenvalue weighted by atomic mass is 10.0. The van der Waals surface area contributed by atoms with Crippen molar-refractivity contribution in [1.82, 2.24) is 25.2 Å². The van der Waals surface area contributed by atoms with Gasteiger partial charge in [-0.2, -0.15) is 13.2 Å². The van der Waals surface area contributed by atoms with Gasteiger partial charge in [0, 0.05) is 24.4 Å². The number of hydrogen-bond acceptors (Lipinski definition) is 9. The smallest absolute Gasteiger partial charge is 0.423 e. The van der Waals surface area contributed by atoms with Crippen molar-refractivity contribution in [3.63, 3.8) is 0 Å². The number of sulfonamides is 1. The van der Waals surface area contributed by atoms with Gasteiger partial charge in [0.05, 0.1) is 18.3 Å². The first-order valence-corrected chi connectivity index (χ1v) is 18.7. The van der Waals surface area contributed by atoms with Crippen molar-refractivity contribution in [2.75, 3.05) is 6.54 Å². The van der Waals surface area contributed by atoms with E-state index in [2.05, 4.69) is 10.0 Å². The van der Waals surface area contributed by atoms with E-state index in [4.69, 9.17) is 4.74 Å². The standard InChI is InChI=1S/C33H39F4N5O9S/c34-23-9-6-7-18-15-41(17-22(18)23)31(48)51-20-13-25-27(44)39-32(30(47)40-52(49,50)21-11-12-21)14-19(32)8-4-2-1-3-5-10-24(29(46)42(25)16-20)38-28(45)26(43)33(35,36)37/h4,6-9,19-21,24-26,43H,1-3,5,10-17H2,(H,38,45)(H,39,44)(H,40,47)/b8-4-/t19-,20-,24+,25+,26?,32-/m1/s1. The number of allylic oxidation sites excluding steroid dienone is 1. The molecule has 6 rings (SSSR count). The SMILES string of the molecule is O=C(N[C@H]1CCCCC/C=C\[C@@H]2C[C@@]2(C(=O)NS(=O)(=O)C2CC2)NC(=O)[C@@H]2C[C@@H](OC(=O)N3Cc4cccc(F)c4C3)CN2C1=O)C(O)C(F)(F)F. The van der Waals surface area contributed by atoms with Crippen LogP contribution >= 0.6 is 0 Å². The second kappa shape index (κ2) is 14.3. The van der Waals surface area contributed by atoms with Gasteiger partial charge >= 0.3 is 12.3 Å². The fourth-order valence-corrected chi connectivity index (χ4v) is 8.34. The minimum Gasteiger partial charge on any atom is -0.444 e. The van der Waals surface area contributed by atoms with Crippen LogP contribution in [-0.4, -0.2) is 101 Å². The molecule has 19 heteroatoms. The van der Waals surface area contributed by atoms with Gasteiger partial charge in [-0.25, -0.2) is 17.6 Å². The van der Waals surface area contributed by atoms with Crippen LogP contribution in [0, 0.1) is 11.7 Å². The summed E-state index contributed by atoms with van der Waals surface area (Å²) in [6, 6.07) is 1.28. The minimum atomic E-state index is -5.32. The Morgan fingerprint density at radius 1 is 1.08 bits per heavy atom. The summed E-state index contributed by atoms with van der Waals surface area (Å²) in [6.07, 6.45) is -5.24. The number of carbonyl (C=O) groups is 5. The van der Waals surface area contributed by atoms with Crippen molar-refractivity contribution >= 4 is 39.7 Å². The minimum absolute atomic E-state index is 0.0249. The first-order valence-electron chi connectivity index (χ1n) is 17.1. The third kappa shape index (κ3) is 7.89. The number of halogens is 4. The Morgan fingerprint density at radius 2 is 1.83 bits per heavy atom. The highest BCUT2D eigenvalue weighted by atomic mass is 32.2. The van der Waals surface area contributed by atoms with E-state index in [9.17, 15) is 55.1 Å². The van der Waals surface area contributed by atoms with E-state index in [1.54, 1.807) is 18.2 Å². The summed E-state index contributed by atoms with van der Waals surface area (Å²) < 4.78 is 87.0. The molecular weight excluding hydrogens is 718 g/mol. The van der Waals surface area contributed by atoms with E-state index >= 15 is 0 Å². The molecule has 3 fully saturated rings. The van der Waals surface area contributed by atoms with Gasteiger partial charge in [-0.3, -0.25) is 28.8 Å². The number of alkyl halides is 3. The summed E-state index contributed by atoms with van der Waals surface area (Å²) in [5.74, 6) is -5.86. The number of nitrogens with one attached hydrogen (secondary N) is 3. The predicted molar refractivity (Wildman–Crippen MR) is 171 cm³/mol. The molecule has 1 aromatic carbocycles. The maximum Gasteiger partial charge on any atom is 0.423 e. The molecule has 5 amide bonds. The highest BCUT2D eigenvalue weighted by molar-refractivity contribution is 7.91. The van der Waals surface area contributed by atoms with Gasteiger partial charge in [-0.1, -0.05) is 37.1 Å². The molecule has 1 saturated heterocycles. The van der Waals surface area contributed by atoms with E-state index in [1.807, 2.05) is 5.32 Å². The van der Waals surface area contributed by atoms with Crippen molar-refractivity contribution in [3.05, 3.63) is 47.3 Å². The third-order valence-corrected chi connectivity index (χ3v) is 12.0. The van der Waals surface area contributed by atoms with Crippen LogP contribution in [0.3, 0.4) is 0 Å².